The Bertz CT molecular complexity index is 782. The molecule has 20 heavy (non-hydrogen) atoms. The van der Waals surface area contributed by atoms with Crippen LogP contribution in [-0.4, -0.2) is 10.1 Å². The van der Waals surface area contributed by atoms with Crippen LogP contribution in [0.3, 0.4) is 0 Å². The maximum atomic E-state index is 6.24. The van der Waals surface area contributed by atoms with Crippen LogP contribution in [0.1, 0.15) is 5.01 Å². The van der Waals surface area contributed by atoms with Gasteiger partial charge in [-0.15, -0.1) is 11.3 Å². The van der Waals surface area contributed by atoms with Gasteiger partial charge in [-0.25, -0.2) is 4.98 Å². The molecule has 2 aromatic heterocycles. The van der Waals surface area contributed by atoms with Gasteiger partial charge in [-0.2, -0.15) is 0 Å². The molecule has 3 rings (SSSR count). The van der Waals surface area contributed by atoms with Crippen molar-refractivity contribution in [3.8, 4) is 21.7 Å². The minimum atomic E-state index is 0.218. The van der Waals surface area contributed by atoms with Crippen LogP contribution in [0.25, 0.3) is 21.7 Å². The van der Waals surface area contributed by atoms with Gasteiger partial charge in [0.15, 0.2) is 0 Å². The van der Waals surface area contributed by atoms with Crippen molar-refractivity contribution in [2.75, 3.05) is 5.73 Å². The zero-order valence-electron chi connectivity index (χ0n) is 10.4. The van der Waals surface area contributed by atoms with Crippen LogP contribution < -0.4 is 5.73 Å². The van der Waals surface area contributed by atoms with Crippen molar-refractivity contribution in [2.45, 2.75) is 6.92 Å². The molecule has 0 radical (unpaired) electrons. The van der Waals surface area contributed by atoms with E-state index in [9.17, 15) is 0 Å². The minimum absolute atomic E-state index is 0.218. The molecule has 0 unspecified atom stereocenters. The lowest BCUT2D eigenvalue weighted by molar-refractivity contribution is 0.439. The van der Waals surface area contributed by atoms with E-state index < -0.39 is 0 Å². The number of aryl methyl sites for hydroxylation is 1. The second-order valence-corrected chi connectivity index (χ2v) is 6.22. The highest BCUT2D eigenvalue weighted by Gasteiger charge is 2.21. The number of hydrogen-bond acceptors (Lipinski definition) is 5. The number of nitrogens with zero attached hydrogens (tertiary/aromatic N) is 2. The molecule has 0 spiro atoms. The topological polar surface area (TPSA) is 64.9 Å². The van der Waals surface area contributed by atoms with Crippen LogP contribution in [0.4, 0.5) is 5.88 Å². The molecule has 2 N–H and O–H groups in total. The van der Waals surface area contributed by atoms with E-state index in [1.165, 1.54) is 11.3 Å². The van der Waals surface area contributed by atoms with E-state index in [0.717, 1.165) is 15.4 Å². The van der Waals surface area contributed by atoms with E-state index in [2.05, 4.69) is 10.1 Å². The average molecular weight is 326 g/mol. The number of aromatic nitrogens is 2. The molecule has 3 aromatic rings. The molecule has 0 aliphatic rings. The van der Waals surface area contributed by atoms with E-state index in [4.69, 9.17) is 33.5 Å². The Hall–Kier alpha value is -1.56. The summed E-state index contributed by atoms with van der Waals surface area (Å²) in [6.45, 7) is 1.92. The van der Waals surface area contributed by atoms with Gasteiger partial charge in [-0.05, 0) is 19.1 Å². The van der Waals surface area contributed by atoms with E-state index in [1.54, 1.807) is 24.4 Å². The van der Waals surface area contributed by atoms with E-state index in [-0.39, 0.29) is 5.88 Å². The monoisotopic (exact) mass is 325 g/mol. The Kier molecular flexibility index (Phi) is 3.41. The van der Waals surface area contributed by atoms with Crippen LogP contribution in [0.2, 0.25) is 10.0 Å². The summed E-state index contributed by atoms with van der Waals surface area (Å²) in [7, 11) is 0. The number of nitrogen functional groups attached to an aromatic ring is 1. The molecule has 0 aliphatic carbocycles. The SMILES string of the molecule is Cc1ncc(-c2noc(N)c2-c2ccc(Cl)cc2Cl)s1. The number of nitrogens with two attached hydrogens (primary N) is 1. The average Bonchev–Trinajstić information content (AvgIpc) is 2.96. The van der Waals surface area contributed by atoms with Crippen molar-refractivity contribution in [3.63, 3.8) is 0 Å². The van der Waals surface area contributed by atoms with Crippen LogP contribution in [-0.2, 0) is 0 Å². The molecule has 0 atom stereocenters. The smallest absolute Gasteiger partial charge is 0.230 e. The van der Waals surface area contributed by atoms with Crippen molar-refractivity contribution in [3.05, 3.63) is 39.4 Å². The molecule has 1 aromatic carbocycles. The molecular weight excluding hydrogens is 317 g/mol. The summed E-state index contributed by atoms with van der Waals surface area (Å²) in [5.74, 6) is 0.218. The largest absolute Gasteiger partial charge is 0.367 e. The lowest BCUT2D eigenvalue weighted by Gasteiger charge is -2.04. The summed E-state index contributed by atoms with van der Waals surface area (Å²) in [6.07, 6.45) is 1.74. The Morgan fingerprint density at radius 2 is 2.10 bits per heavy atom. The minimum Gasteiger partial charge on any atom is -0.367 e. The first kappa shape index (κ1) is 13.4. The van der Waals surface area contributed by atoms with E-state index >= 15 is 0 Å². The second kappa shape index (κ2) is 5.09. The fourth-order valence-electron chi connectivity index (χ4n) is 1.89. The Morgan fingerprint density at radius 1 is 1.30 bits per heavy atom. The third kappa shape index (κ3) is 2.28. The summed E-state index contributed by atoms with van der Waals surface area (Å²) in [5.41, 5.74) is 7.92. The molecule has 102 valence electrons. The highest BCUT2D eigenvalue weighted by molar-refractivity contribution is 7.15. The fourth-order valence-corrected chi connectivity index (χ4v) is 3.16. The van der Waals surface area contributed by atoms with Crippen LogP contribution in [0.5, 0.6) is 0 Å². The molecule has 2 heterocycles. The van der Waals surface area contributed by atoms with Crippen molar-refractivity contribution in [1.29, 1.82) is 0 Å². The van der Waals surface area contributed by atoms with E-state index in [1.807, 2.05) is 6.92 Å². The maximum absolute atomic E-state index is 6.24. The van der Waals surface area contributed by atoms with Gasteiger partial charge in [-0.1, -0.05) is 34.4 Å². The van der Waals surface area contributed by atoms with Gasteiger partial charge in [0, 0.05) is 16.8 Å². The van der Waals surface area contributed by atoms with Crippen molar-refractivity contribution in [1.82, 2.24) is 10.1 Å². The highest BCUT2D eigenvalue weighted by Crippen LogP contribution is 2.41. The Morgan fingerprint density at radius 3 is 2.75 bits per heavy atom. The van der Waals surface area contributed by atoms with Gasteiger partial charge < -0.3 is 10.3 Å². The molecule has 0 aliphatic heterocycles. The summed E-state index contributed by atoms with van der Waals surface area (Å²) in [4.78, 5) is 5.09. The number of hydrogen-bond donors (Lipinski definition) is 1. The van der Waals surface area contributed by atoms with Crippen molar-refractivity contribution in [2.24, 2.45) is 0 Å². The fraction of sp³-hybridized carbons (Fsp3) is 0.0769. The van der Waals surface area contributed by atoms with Gasteiger partial charge in [-0.3, -0.25) is 0 Å². The number of anilines is 1. The van der Waals surface area contributed by atoms with Crippen LogP contribution in [0, 0.1) is 6.92 Å². The number of rotatable bonds is 2. The third-order valence-corrected chi connectivity index (χ3v) is 4.24. The number of halogens is 2. The van der Waals surface area contributed by atoms with Gasteiger partial charge in [0.25, 0.3) is 0 Å². The molecule has 0 saturated carbocycles. The number of thiazole rings is 1. The third-order valence-electron chi connectivity index (χ3n) is 2.77. The predicted molar refractivity (Wildman–Crippen MR) is 82.2 cm³/mol. The van der Waals surface area contributed by atoms with E-state index in [0.29, 0.717) is 21.3 Å². The standard InChI is InChI=1S/C13H9Cl2N3OS/c1-6-17-5-10(20-6)12-11(13(16)19-18-12)8-3-2-7(14)4-9(8)15/h2-5H,16H2,1H3. The van der Waals surface area contributed by atoms with Crippen LogP contribution >= 0.6 is 34.5 Å². The summed E-state index contributed by atoms with van der Waals surface area (Å²) in [6, 6.07) is 5.20. The number of benzene rings is 1. The Balaban J connectivity index is 2.21. The summed E-state index contributed by atoms with van der Waals surface area (Å²) >= 11 is 13.7. The van der Waals surface area contributed by atoms with Crippen LogP contribution in [0.15, 0.2) is 28.9 Å². The lowest BCUT2D eigenvalue weighted by Crippen LogP contribution is -1.88. The zero-order valence-corrected chi connectivity index (χ0v) is 12.7. The molecule has 0 fully saturated rings. The first-order chi connectivity index (χ1) is 9.56. The first-order valence-corrected chi connectivity index (χ1v) is 7.27. The van der Waals surface area contributed by atoms with Gasteiger partial charge in [0.05, 0.1) is 20.5 Å². The summed E-state index contributed by atoms with van der Waals surface area (Å²) < 4.78 is 5.11. The Labute approximate surface area is 129 Å². The molecule has 0 bridgehead atoms. The van der Waals surface area contributed by atoms with Crippen molar-refractivity contribution >= 4 is 40.4 Å². The van der Waals surface area contributed by atoms with Crippen molar-refractivity contribution < 1.29 is 4.52 Å². The highest BCUT2D eigenvalue weighted by atomic mass is 35.5. The predicted octanol–water partition coefficient (Wildman–Crippen LogP) is 4.66. The molecule has 7 heteroatoms. The zero-order chi connectivity index (χ0) is 14.3. The quantitative estimate of drug-likeness (QED) is 0.744. The summed E-state index contributed by atoms with van der Waals surface area (Å²) in [5, 5.41) is 6.01. The van der Waals surface area contributed by atoms with Gasteiger partial charge in [0.2, 0.25) is 5.88 Å². The lowest BCUT2D eigenvalue weighted by atomic mass is 10.1. The molecule has 0 amide bonds. The molecule has 4 nitrogen and oxygen atoms in total. The second-order valence-electron chi connectivity index (χ2n) is 4.14. The molecular formula is C13H9Cl2N3OS. The first-order valence-electron chi connectivity index (χ1n) is 5.69. The van der Waals surface area contributed by atoms with Gasteiger partial charge in [0.1, 0.15) is 5.69 Å². The normalized spacial score (nSPS) is 10.9. The maximum Gasteiger partial charge on any atom is 0.230 e. The molecule has 0 saturated heterocycles. The van der Waals surface area contributed by atoms with Gasteiger partial charge >= 0.3 is 0 Å².